The first-order chi connectivity index (χ1) is 13.7. The van der Waals surface area contributed by atoms with Crippen LogP contribution in [0.3, 0.4) is 0 Å². The lowest BCUT2D eigenvalue weighted by Gasteiger charge is -2.34. The van der Waals surface area contributed by atoms with Crippen molar-refractivity contribution in [1.82, 2.24) is 0 Å². The first kappa shape index (κ1) is 23.2. The molecule has 164 valence electrons. The third kappa shape index (κ3) is 5.52. The summed E-state index contributed by atoms with van der Waals surface area (Å²) in [6, 6.07) is 0. The third-order valence-corrected chi connectivity index (χ3v) is 4.09. The van der Waals surface area contributed by atoms with Gasteiger partial charge < -0.3 is 44.1 Å². The highest BCUT2D eigenvalue weighted by Crippen LogP contribution is 2.34. The van der Waals surface area contributed by atoms with Gasteiger partial charge in [0.2, 0.25) is 11.6 Å². The number of rotatable bonds is 10. The van der Waals surface area contributed by atoms with E-state index in [1.165, 1.54) is 12.2 Å². The largest absolute Gasteiger partial charge is 0.495 e. The predicted molar refractivity (Wildman–Crippen MR) is 102 cm³/mol. The zero-order chi connectivity index (χ0) is 21.7. The zero-order valence-electron chi connectivity index (χ0n) is 17.1. The molecule has 0 saturated heterocycles. The molecule has 0 saturated carbocycles. The molecule has 4 N–H and O–H groups in total. The summed E-state index contributed by atoms with van der Waals surface area (Å²) in [6.07, 6.45) is 3.31. The van der Waals surface area contributed by atoms with Gasteiger partial charge in [0.05, 0.1) is 26.4 Å². The van der Waals surface area contributed by atoms with Crippen molar-refractivity contribution < 1.29 is 44.1 Å². The fraction of sp³-hybridized carbons (Fsp3) is 0.600. The monoisotopic (exact) mass is 414 g/mol. The molecule has 2 unspecified atom stereocenters. The van der Waals surface area contributed by atoms with E-state index in [1.807, 2.05) is 0 Å². The van der Waals surface area contributed by atoms with Crippen LogP contribution >= 0.6 is 0 Å². The van der Waals surface area contributed by atoms with Crippen molar-refractivity contribution in [2.45, 2.75) is 51.5 Å². The van der Waals surface area contributed by atoms with E-state index < -0.39 is 23.8 Å². The Labute approximate surface area is 170 Å². The Morgan fingerprint density at radius 2 is 1.00 bits per heavy atom. The van der Waals surface area contributed by atoms with Crippen LogP contribution in [0.4, 0.5) is 0 Å². The van der Waals surface area contributed by atoms with Gasteiger partial charge in [-0.3, -0.25) is 0 Å². The molecule has 2 aliphatic rings. The van der Waals surface area contributed by atoms with Crippen LogP contribution in [0.25, 0.3) is 0 Å². The molecule has 0 aromatic heterocycles. The molecular weight excluding hydrogens is 384 g/mol. The highest BCUT2D eigenvalue weighted by Gasteiger charge is 2.41. The highest BCUT2D eigenvalue weighted by atomic mass is 16.6. The molecule has 0 bridgehead atoms. The average Bonchev–Trinajstić information content (AvgIpc) is 2.62. The minimum absolute atomic E-state index is 0.0983. The number of ether oxygens (including phenoxy) is 5. The maximum absolute atomic E-state index is 10.2. The Bertz CT molecular complexity index is 630. The van der Waals surface area contributed by atoms with Gasteiger partial charge in [-0.2, -0.15) is 0 Å². The van der Waals surface area contributed by atoms with Crippen molar-refractivity contribution >= 4 is 0 Å². The highest BCUT2D eigenvalue weighted by molar-refractivity contribution is 5.32. The third-order valence-electron chi connectivity index (χ3n) is 4.09. The van der Waals surface area contributed by atoms with Crippen molar-refractivity contribution in [3.8, 4) is 0 Å². The molecule has 0 amide bonds. The molecule has 9 heteroatoms. The molecule has 0 fully saturated rings. The number of hydrogen-bond donors (Lipinski definition) is 4. The topological polar surface area (TPSA) is 127 Å². The molecule has 2 aliphatic carbocycles. The van der Waals surface area contributed by atoms with Crippen LogP contribution in [0.15, 0.2) is 47.3 Å². The second-order valence-electron chi connectivity index (χ2n) is 6.32. The Morgan fingerprint density at radius 1 is 0.655 bits per heavy atom. The van der Waals surface area contributed by atoms with Crippen LogP contribution in [-0.4, -0.2) is 70.6 Å². The lowest BCUT2D eigenvalue weighted by Crippen LogP contribution is -2.40. The summed E-state index contributed by atoms with van der Waals surface area (Å²) in [7, 11) is 0. The standard InChI is InChI=1S/C20H30O9/c1-5-25-15-11-19(21,22)17(27-7-3)9-13(15)29-14-10-18(28-8-4)20(23,24)12-16(14)26-6-2/h9-14,21-24H,5-8H2,1-4H3. The van der Waals surface area contributed by atoms with Gasteiger partial charge in [0.1, 0.15) is 23.7 Å². The van der Waals surface area contributed by atoms with E-state index in [9.17, 15) is 20.4 Å². The second-order valence-corrected chi connectivity index (χ2v) is 6.32. The first-order valence-electron chi connectivity index (χ1n) is 9.64. The van der Waals surface area contributed by atoms with Crippen LogP contribution in [0.2, 0.25) is 0 Å². The van der Waals surface area contributed by atoms with Crippen LogP contribution in [0.5, 0.6) is 0 Å². The van der Waals surface area contributed by atoms with Crippen molar-refractivity contribution in [1.29, 1.82) is 0 Å². The molecule has 0 heterocycles. The summed E-state index contributed by atoms with van der Waals surface area (Å²) in [5.74, 6) is -4.51. The second kappa shape index (κ2) is 9.64. The molecule has 2 atom stereocenters. The van der Waals surface area contributed by atoms with Gasteiger partial charge >= 0.3 is 0 Å². The van der Waals surface area contributed by atoms with Gasteiger partial charge in [0.15, 0.2) is 11.5 Å². The van der Waals surface area contributed by atoms with Gasteiger partial charge in [-0.05, 0) is 39.8 Å². The summed E-state index contributed by atoms with van der Waals surface area (Å²) in [6.45, 7) is 7.92. The molecule has 0 radical (unpaired) electrons. The molecular formula is C20H30O9. The van der Waals surface area contributed by atoms with E-state index in [0.717, 1.165) is 12.2 Å². The molecule has 0 aromatic rings. The molecule has 0 spiro atoms. The van der Waals surface area contributed by atoms with Crippen LogP contribution in [0, 0.1) is 0 Å². The maximum atomic E-state index is 10.2. The molecule has 2 rings (SSSR count). The fourth-order valence-electron chi connectivity index (χ4n) is 2.96. The molecule has 0 aliphatic heterocycles. The Morgan fingerprint density at radius 3 is 1.31 bits per heavy atom. The Kier molecular flexibility index (Phi) is 7.73. The number of aliphatic hydroxyl groups is 4. The van der Waals surface area contributed by atoms with E-state index in [0.29, 0.717) is 0 Å². The van der Waals surface area contributed by atoms with E-state index in [-0.39, 0.29) is 49.5 Å². The van der Waals surface area contributed by atoms with Gasteiger partial charge in [0.25, 0.3) is 0 Å². The minimum atomic E-state index is -2.33. The van der Waals surface area contributed by atoms with Crippen molar-refractivity contribution in [3.63, 3.8) is 0 Å². The van der Waals surface area contributed by atoms with E-state index in [1.54, 1.807) is 27.7 Å². The quantitative estimate of drug-likeness (QED) is 0.384. The SMILES string of the molecule is CCOC1=CC(O)(O)C(OCC)=CC1OC1C=C(OCC)C(O)(O)C=C1OCC. The van der Waals surface area contributed by atoms with E-state index in [4.69, 9.17) is 23.7 Å². The average molecular weight is 414 g/mol. The minimum Gasteiger partial charge on any atom is -0.495 e. The maximum Gasteiger partial charge on any atom is 0.246 e. The van der Waals surface area contributed by atoms with Crippen molar-refractivity contribution in [2.24, 2.45) is 0 Å². The van der Waals surface area contributed by atoms with Gasteiger partial charge in [-0.15, -0.1) is 0 Å². The van der Waals surface area contributed by atoms with Gasteiger partial charge in [-0.1, -0.05) is 0 Å². The molecule has 29 heavy (non-hydrogen) atoms. The van der Waals surface area contributed by atoms with E-state index in [2.05, 4.69) is 0 Å². The smallest absolute Gasteiger partial charge is 0.246 e. The lowest BCUT2D eigenvalue weighted by atomic mass is 10.0. The zero-order valence-corrected chi connectivity index (χ0v) is 17.1. The van der Waals surface area contributed by atoms with Crippen LogP contribution < -0.4 is 0 Å². The van der Waals surface area contributed by atoms with Crippen molar-refractivity contribution in [3.05, 3.63) is 47.3 Å². The summed E-state index contributed by atoms with van der Waals surface area (Å²) in [5, 5.41) is 40.9. The van der Waals surface area contributed by atoms with Crippen LogP contribution in [0.1, 0.15) is 27.7 Å². The Hall–Kier alpha value is -2.04. The summed E-state index contributed by atoms with van der Waals surface area (Å²) in [4.78, 5) is 0. The summed E-state index contributed by atoms with van der Waals surface area (Å²) >= 11 is 0. The number of hydrogen-bond acceptors (Lipinski definition) is 9. The summed E-state index contributed by atoms with van der Waals surface area (Å²) in [5.41, 5.74) is 0. The predicted octanol–water partition coefficient (Wildman–Crippen LogP) is 0.811. The molecule has 0 aromatic carbocycles. The molecule has 9 nitrogen and oxygen atoms in total. The fourth-order valence-corrected chi connectivity index (χ4v) is 2.96. The lowest BCUT2D eigenvalue weighted by molar-refractivity contribution is -0.134. The Balaban J connectivity index is 2.38. The van der Waals surface area contributed by atoms with Crippen LogP contribution in [-0.2, 0) is 23.7 Å². The first-order valence-corrected chi connectivity index (χ1v) is 9.64. The van der Waals surface area contributed by atoms with Crippen molar-refractivity contribution in [2.75, 3.05) is 26.4 Å². The van der Waals surface area contributed by atoms with E-state index >= 15 is 0 Å². The normalized spacial score (nSPS) is 25.2. The van der Waals surface area contributed by atoms with Gasteiger partial charge in [0, 0.05) is 12.2 Å². The van der Waals surface area contributed by atoms with Gasteiger partial charge in [-0.25, -0.2) is 0 Å². The summed E-state index contributed by atoms with van der Waals surface area (Å²) < 4.78 is 27.7.